The van der Waals surface area contributed by atoms with E-state index in [1.807, 2.05) is 13.0 Å². The third-order valence-corrected chi connectivity index (χ3v) is 2.81. The lowest BCUT2D eigenvalue weighted by Crippen LogP contribution is -2.10. The molecule has 1 N–H and O–H groups in total. The van der Waals surface area contributed by atoms with Crippen LogP contribution in [0.15, 0.2) is 11.1 Å². The van der Waals surface area contributed by atoms with Crippen LogP contribution in [0.2, 0.25) is 0 Å². The van der Waals surface area contributed by atoms with Gasteiger partial charge < -0.3 is 5.32 Å². The van der Waals surface area contributed by atoms with Gasteiger partial charge in [0.2, 0.25) is 5.95 Å². The second-order valence-corrected chi connectivity index (χ2v) is 6.66. The van der Waals surface area contributed by atoms with E-state index in [4.69, 9.17) is 0 Å². The molecule has 1 aromatic rings. The van der Waals surface area contributed by atoms with Crippen LogP contribution in [-0.4, -0.2) is 21.3 Å². The predicted molar refractivity (Wildman–Crippen MR) is 71.2 cm³/mol. The summed E-state index contributed by atoms with van der Waals surface area (Å²) < 4.78 is 0.183. The number of rotatable bonds is 4. The molecule has 1 heterocycles. The summed E-state index contributed by atoms with van der Waals surface area (Å²) in [6.45, 7) is 11.6. The Hall–Kier alpha value is -0.770. The summed E-state index contributed by atoms with van der Waals surface area (Å²) in [4.78, 5) is 8.86. The van der Waals surface area contributed by atoms with Gasteiger partial charge in [0.1, 0.15) is 5.03 Å². The molecular formula is C12H21N3S. The molecular weight excluding hydrogens is 218 g/mol. The summed E-state index contributed by atoms with van der Waals surface area (Å²) in [6.07, 6.45) is 1.08. The highest BCUT2D eigenvalue weighted by molar-refractivity contribution is 8.00. The molecule has 0 spiro atoms. The summed E-state index contributed by atoms with van der Waals surface area (Å²) in [6, 6.07) is 2.03. The van der Waals surface area contributed by atoms with Gasteiger partial charge in [0.05, 0.1) is 0 Å². The van der Waals surface area contributed by atoms with E-state index in [2.05, 4.69) is 43.0 Å². The van der Waals surface area contributed by atoms with Crippen molar-refractivity contribution in [1.29, 1.82) is 0 Å². The topological polar surface area (TPSA) is 37.8 Å². The fraction of sp³-hybridized carbons (Fsp3) is 0.667. The fourth-order valence-electron chi connectivity index (χ4n) is 1.22. The van der Waals surface area contributed by atoms with E-state index in [-0.39, 0.29) is 4.75 Å². The number of nitrogens with zero attached hydrogens (tertiary/aromatic N) is 2. The van der Waals surface area contributed by atoms with Gasteiger partial charge in [-0.15, -0.1) is 11.8 Å². The smallest absolute Gasteiger partial charge is 0.223 e. The lowest BCUT2D eigenvalue weighted by Gasteiger charge is -2.17. The first kappa shape index (κ1) is 13.3. The van der Waals surface area contributed by atoms with Crippen molar-refractivity contribution >= 4 is 17.7 Å². The zero-order valence-corrected chi connectivity index (χ0v) is 11.6. The van der Waals surface area contributed by atoms with Crippen LogP contribution in [0.4, 0.5) is 5.95 Å². The van der Waals surface area contributed by atoms with Gasteiger partial charge in [-0.1, -0.05) is 27.7 Å². The van der Waals surface area contributed by atoms with Crippen molar-refractivity contribution in [3.63, 3.8) is 0 Å². The second kappa shape index (κ2) is 5.53. The molecule has 0 fully saturated rings. The number of aromatic nitrogens is 2. The number of aryl methyl sites for hydroxylation is 1. The Morgan fingerprint density at radius 1 is 1.31 bits per heavy atom. The number of thioether (sulfide) groups is 1. The fourth-order valence-corrected chi connectivity index (χ4v) is 2.21. The minimum absolute atomic E-state index is 0.183. The van der Waals surface area contributed by atoms with Crippen molar-refractivity contribution in [3.05, 3.63) is 11.8 Å². The van der Waals surface area contributed by atoms with Gasteiger partial charge in [-0.25, -0.2) is 9.97 Å². The van der Waals surface area contributed by atoms with Crippen LogP contribution in [0.3, 0.4) is 0 Å². The first-order chi connectivity index (χ1) is 7.40. The second-order valence-electron chi connectivity index (χ2n) is 4.81. The summed E-state index contributed by atoms with van der Waals surface area (Å²) in [5, 5.41) is 4.27. The average Bonchev–Trinajstić information content (AvgIpc) is 2.10. The van der Waals surface area contributed by atoms with Crippen molar-refractivity contribution in [3.8, 4) is 0 Å². The molecule has 0 amide bonds. The summed E-state index contributed by atoms with van der Waals surface area (Å²) in [5.41, 5.74) is 1.01. The van der Waals surface area contributed by atoms with Crippen molar-refractivity contribution in [2.45, 2.75) is 50.8 Å². The Morgan fingerprint density at radius 3 is 2.56 bits per heavy atom. The number of anilines is 1. The number of nitrogens with one attached hydrogen (secondary N) is 1. The van der Waals surface area contributed by atoms with Crippen molar-refractivity contribution in [1.82, 2.24) is 9.97 Å². The molecule has 3 nitrogen and oxygen atoms in total. The zero-order valence-electron chi connectivity index (χ0n) is 10.8. The van der Waals surface area contributed by atoms with Gasteiger partial charge in [0.15, 0.2) is 0 Å². The van der Waals surface area contributed by atoms with Gasteiger partial charge >= 0.3 is 0 Å². The Kier molecular flexibility index (Phi) is 4.59. The molecule has 0 radical (unpaired) electrons. The van der Waals surface area contributed by atoms with E-state index >= 15 is 0 Å². The summed E-state index contributed by atoms with van der Waals surface area (Å²) >= 11 is 1.77. The van der Waals surface area contributed by atoms with Gasteiger partial charge in [0.25, 0.3) is 0 Å². The van der Waals surface area contributed by atoms with E-state index in [0.29, 0.717) is 0 Å². The van der Waals surface area contributed by atoms with Crippen LogP contribution in [0.1, 0.15) is 39.8 Å². The van der Waals surface area contributed by atoms with Crippen molar-refractivity contribution in [2.24, 2.45) is 0 Å². The number of hydrogen-bond donors (Lipinski definition) is 1. The van der Waals surface area contributed by atoms with Gasteiger partial charge in [0, 0.05) is 17.0 Å². The maximum Gasteiger partial charge on any atom is 0.223 e. The van der Waals surface area contributed by atoms with Crippen LogP contribution >= 0.6 is 11.8 Å². The molecule has 0 bridgehead atoms. The maximum atomic E-state index is 4.50. The minimum atomic E-state index is 0.183. The van der Waals surface area contributed by atoms with E-state index in [1.165, 1.54) is 0 Å². The van der Waals surface area contributed by atoms with Crippen molar-refractivity contribution < 1.29 is 0 Å². The largest absolute Gasteiger partial charge is 0.354 e. The van der Waals surface area contributed by atoms with E-state index in [0.717, 1.165) is 29.6 Å². The van der Waals surface area contributed by atoms with Gasteiger partial charge in [-0.3, -0.25) is 0 Å². The maximum absolute atomic E-state index is 4.50. The average molecular weight is 239 g/mol. The first-order valence-electron chi connectivity index (χ1n) is 5.69. The quantitative estimate of drug-likeness (QED) is 0.644. The Morgan fingerprint density at radius 2 is 2.00 bits per heavy atom. The number of hydrogen-bond acceptors (Lipinski definition) is 4. The lowest BCUT2D eigenvalue weighted by molar-refractivity contribution is 0.797. The van der Waals surface area contributed by atoms with Crippen LogP contribution in [0.25, 0.3) is 0 Å². The third kappa shape index (κ3) is 4.84. The molecule has 1 rings (SSSR count). The highest BCUT2D eigenvalue weighted by Gasteiger charge is 2.14. The van der Waals surface area contributed by atoms with Crippen LogP contribution in [0, 0.1) is 6.92 Å². The summed E-state index contributed by atoms with van der Waals surface area (Å²) in [5.74, 6) is 0.744. The standard InChI is InChI=1S/C12H21N3S/c1-6-7-13-11-14-9(2)8-10(15-11)16-12(3,4)5/h8H,6-7H2,1-5H3,(H,13,14,15). The highest BCUT2D eigenvalue weighted by Crippen LogP contribution is 2.30. The molecule has 16 heavy (non-hydrogen) atoms. The van der Waals surface area contributed by atoms with Crippen LogP contribution in [0.5, 0.6) is 0 Å². The molecule has 0 atom stereocenters. The molecule has 0 unspecified atom stereocenters. The zero-order chi connectivity index (χ0) is 12.2. The predicted octanol–water partition coefficient (Wildman–Crippen LogP) is 3.50. The third-order valence-electron chi connectivity index (χ3n) is 1.77. The normalized spacial score (nSPS) is 11.6. The van der Waals surface area contributed by atoms with Gasteiger partial charge in [-0.2, -0.15) is 0 Å². The highest BCUT2D eigenvalue weighted by atomic mass is 32.2. The lowest BCUT2D eigenvalue weighted by atomic mass is 10.3. The van der Waals surface area contributed by atoms with E-state index in [9.17, 15) is 0 Å². The molecule has 0 aliphatic heterocycles. The molecule has 0 saturated carbocycles. The molecule has 0 aliphatic rings. The molecule has 1 aromatic heterocycles. The van der Waals surface area contributed by atoms with Crippen LogP contribution in [-0.2, 0) is 0 Å². The first-order valence-corrected chi connectivity index (χ1v) is 6.51. The Balaban J connectivity index is 2.81. The summed E-state index contributed by atoms with van der Waals surface area (Å²) in [7, 11) is 0. The van der Waals surface area contributed by atoms with Crippen molar-refractivity contribution in [2.75, 3.05) is 11.9 Å². The van der Waals surface area contributed by atoms with E-state index < -0.39 is 0 Å². The SMILES string of the molecule is CCCNc1nc(C)cc(SC(C)(C)C)n1. The molecule has 0 saturated heterocycles. The minimum Gasteiger partial charge on any atom is -0.354 e. The van der Waals surface area contributed by atoms with E-state index in [1.54, 1.807) is 11.8 Å². The van der Waals surface area contributed by atoms with Gasteiger partial charge in [-0.05, 0) is 19.4 Å². The Labute approximate surface area is 102 Å². The molecule has 4 heteroatoms. The van der Waals surface area contributed by atoms with Crippen LogP contribution < -0.4 is 5.32 Å². The molecule has 0 aliphatic carbocycles. The Bertz CT molecular complexity index is 345. The molecule has 90 valence electrons. The molecule has 0 aromatic carbocycles. The monoisotopic (exact) mass is 239 g/mol.